The van der Waals surface area contributed by atoms with Gasteiger partial charge in [0, 0.05) is 56.0 Å². The average Bonchev–Trinajstić information content (AvgIpc) is 3.73. The predicted octanol–water partition coefficient (Wildman–Crippen LogP) is 2.00. The van der Waals surface area contributed by atoms with Gasteiger partial charge < -0.3 is 25.8 Å². The van der Waals surface area contributed by atoms with E-state index < -0.39 is 6.04 Å². The van der Waals surface area contributed by atoms with Gasteiger partial charge in [-0.1, -0.05) is 20.3 Å². The first-order valence-corrected chi connectivity index (χ1v) is 16.1. The molecule has 0 spiro atoms. The molecule has 0 radical (unpaired) electrons. The standard InChI is InChI=1S/C33H41N9O5/c1-3-22(2)29-31(45)35-15-6-18-42-27-19-24(10-13-26(27)38-33(42)47)30(44)34-14-5-17-40(16-4-7-28(43)39-29)32(46)23-8-11-25(12-9-23)41-20-36-37-21-41/h8-13,19-22,29H,3-7,14-18H2,1-2H3,(H,34,44)(H,35,45)(H,38,47)(H,39,43)/t22-,29-/m0/s1. The largest absolute Gasteiger partial charge is 0.354 e. The molecule has 0 aliphatic carbocycles. The number of aryl methyl sites for hydroxylation is 1. The molecule has 4 aromatic rings. The van der Waals surface area contributed by atoms with Crippen LogP contribution in [0.15, 0.2) is 59.9 Å². The van der Waals surface area contributed by atoms with Crippen molar-refractivity contribution in [3.63, 3.8) is 0 Å². The molecule has 248 valence electrons. The van der Waals surface area contributed by atoms with Gasteiger partial charge in [-0.25, -0.2) is 4.79 Å². The molecule has 0 saturated heterocycles. The van der Waals surface area contributed by atoms with E-state index in [9.17, 15) is 24.0 Å². The molecule has 0 unspecified atom stereocenters. The molecule has 4 N–H and O–H groups in total. The van der Waals surface area contributed by atoms with E-state index in [1.54, 1.807) is 69.2 Å². The number of fused-ring (bicyclic) bond motifs is 1. The van der Waals surface area contributed by atoms with Gasteiger partial charge in [-0.3, -0.25) is 28.3 Å². The lowest BCUT2D eigenvalue weighted by molar-refractivity contribution is -0.130. The quantitative estimate of drug-likeness (QED) is 0.263. The molecule has 0 saturated carbocycles. The van der Waals surface area contributed by atoms with Gasteiger partial charge in [0.25, 0.3) is 11.8 Å². The zero-order valence-electron chi connectivity index (χ0n) is 26.7. The lowest BCUT2D eigenvalue weighted by atomic mass is 9.98. The van der Waals surface area contributed by atoms with Crippen LogP contribution in [0.4, 0.5) is 0 Å². The first-order valence-electron chi connectivity index (χ1n) is 16.1. The number of aromatic amines is 1. The van der Waals surface area contributed by atoms with Gasteiger partial charge in [0.05, 0.1) is 11.0 Å². The highest BCUT2D eigenvalue weighted by molar-refractivity contribution is 5.97. The van der Waals surface area contributed by atoms with Crippen LogP contribution < -0.4 is 21.6 Å². The summed E-state index contributed by atoms with van der Waals surface area (Å²) in [6, 6.07) is 11.4. The molecule has 47 heavy (non-hydrogen) atoms. The summed E-state index contributed by atoms with van der Waals surface area (Å²) in [5.41, 5.74) is 2.61. The molecule has 2 atom stereocenters. The summed E-state index contributed by atoms with van der Waals surface area (Å²) in [5, 5.41) is 16.4. The number of nitrogens with one attached hydrogen (secondary N) is 4. The van der Waals surface area contributed by atoms with Crippen molar-refractivity contribution in [2.75, 3.05) is 26.2 Å². The summed E-state index contributed by atoms with van der Waals surface area (Å²) in [5.74, 6) is -1.14. The van der Waals surface area contributed by atoms with Crippen molar-refractivity contribution in [1.82, 2.24) is 45.2 Å². The van der Waals surface area contributed by atoms with E-state index in [2.05, 4.69) is 31.1 Å². The van der Waals surface area contributed by atoms with Crippen LogP contribution in [0, 0.1) is 5.92 Å². The van der Waals surface area contributed by atoms with Crippen molar-refractivity contribution in [3.05, 3.63) is 76.7 Å². The van der Waals surface area contributed by atoms with Crippen LogP contribution in [0.1, 0.15) is 66.7 Å². The second-order valence-electron chi connectivity index (χ2n) is 11.8. The maximum absolute atomic E-state index is 13.6. The maximum Gasteiger partial charge on any atom is 0.326 e. The van der Waals surface area contributed by atoms with Crippen LogP contribution in [0.25, 0.3) is 16.7 Å². The smallest absolute Gasteiger partial charge is 0.326 e. The molecule has 4 amide bonds. The number of hydrogen-bond donors (Lipinski definition) is 4. The van der Waals surface area contributed by atoms with Gasteiger partial charge in [-0.2, -0.15) is 0 Å². The third-order valence-electron chi connectivity index (χ3n) is 8.55. The Morgan fingerprint density at radius 3 is 2.36 bits per heavy atom. The van der Waals surface area contributed by atoms with Gasteiger partial charge in [0.15, 0.2) is 0 Å². The van der Waals surface area contributed by atoms with E-state index in [1.165, 1.54) is 0 Å². The maximum atomic E-state index is 13.6. The van der Waals surface area contributed by atoms with Crippen molar-refractivity contribution < 1.29 is 19.2 Å². The summed E-state index contributed by atoms with van der Waals surface area (Å²) >= 11 is 0. The lowest BCUT2D eigenvalue weighted by Gasteiger charge is -2.25. The van der Waals surface area contributed by atoms with E-state index in [-0.39, 0.29) is 41.7 Å². The van der Waals surface area contributed by atoms with Gasteiger partial charge in [0.1, 0.15) is 18.7 Å². The van der Waals surface area contributed by atoms with E-state index in [0.29, 0.717) is 80.6 Å². The molecule has 14 nitrogen and oxygen atoms in total. The SMILES string of the molecule is CC[C@H](C)[C@@H]1NC(=O)CCCN(C(=O)c2ccc(-n3cnnc3)cc2)CCCNC(=O)c2ccc3[nH]c(=O)n(c3c2)CCCNC1=O. The van der Waals surface area contributed by atoms with E-state index in [4.69, 9.17) is 0 Å². The Hall–Kier alpha value is -5.27. The summed E-state index contributed by atoms with van der Waals surface area (Å²) < 4.78 is 3.29. The fourth-order valence-electron chi connectivity index (χ4n) is 5.63. The minimum atomic E-state index is -0.709. The van der Waals surface area contributed by atoms with Crippen molar-refractivity contribution in [2.45, 2.75) is 58.5 Å². The number of nitrogens with zero attached hydrogens (tertiary/aromatic N) is 5. The van der Waals surface area contributed by atoms with Gasteiger partial charge in [0.2, 0.25) is 11.8 Å². The molecule has 0 fully saturated rings. The highest BCUT2D eigenvalue weighted by Gasteiger charge is 2.26. The molecule has 1 aliphatic heterocycles. The Morgan fingerprint density at radius 1 is 0.915 bits per heavy atom. The Labute approximate surface area is 271 Å². The third kappa shape index (κ3) is 8.12. The van der Waals surface area contributed by atoms with Crippen molar-refractivity contribution in [1.29, 1.82) is 0 Å². The molecular weight excluding hydrogens is 602 g/mol. The molecule has 2 bridgehead atoms. The fraction of sp³-hybridized carbons (Fsp3) is 0.424. The summed E-state index contributed by atoms with van der Waals surface area (Å²) in [4.78, 5) is 70.0. The Bertz CT molecular complexity index is 1760. The van der Waals surface area contributed by atoms with Gasteiger partial charge in [-0.05, 0) is 67.6 Å². The van der Waals surface area contributed by atoms with E-state index in [1.807, 2.05) is 13.8 Å². The van der Waals surface area contributed by atoms with Crippen LogP contribution in [-0.2, 0) is 16.1 Å². The van der Waals surface area contributed by atoms with Crippen molar-refractivity contribution >= 4 is 34.7 Å². The van der Waals surface area contributed by atoms with Crippen LogP contribution in [-0.4, -0.2) is 85.1 Å². The Kier molecular flexibility index (Phi) is 10.8. The predicted molar refractivity (Wildman–Crippen MR) is 175 cm³/mol. The third-order valence-corrected chi connectivity index (χ3v) is 8.55. The highest BCUT2D eigenvalue weighted by atomic mass is 16.2. The number of benzene rings is 2. The van der Waals surface area contributed by atoms with E-state index in [0.717, 1.165) is 5.69 Å². The molecule has 2 aromatic heterocycles. The Balaban J connectivity index is 1.35. The number of H-pyrrole nitrogens is 1. The van der Waals surface area contributed by atoms with Crippen LogP contribution >= 0.6 is 0 Å². The molecule has 5 rings (SSSR count). The number of rotatable bonds is 4. The lowest BCUT2D eigenvalue weighted by Crippen LogP contribution is -2.50. The number of aromatic nitrogens is 5. The normalized spacial score (nSPS) is 18.2. The number of amides is 4. The number of hydrogen-bond acceptors (Lipinski definition) is 7. The summed E-state index contributed by atoms with van der Waals surface area (Å²) in [6.45, 7) is 5.49. The molecule has 2 aromatic carbocycles. The van der Waals surface area contributed by atoms with Crippen LogP contribution in [0.5, 0.6) is 0 Å². The zero-order valence-corrected chi connectivity index (χ0v) is 26.7. The first kappa shape index (κ1) is 33.1. The molecular formula is C33H41N9O5. The van der Waals surface area contributed by atoms with Crippen LogP contribution in [0.3, 0.4) is 0 Å². The Morgan fingerprint density at radius 2 is 1.62 bits per heavy atom. The zero-order chi connectivity index (χ0) is 33.3. The molecule has 1 aliphatic rings. The minimum absolute atomic E-state index is 0.0978. The number of carbonyl (C=O) groups is 4. The monoisotopic (exact) mass is 643 g/mol. The summed E-state index contributed by atoms with van der Waals surface area (Å²) in [6.07, 6.45) is 5.32. The number of carbonyl (C=O) groups excluding carboxylic acids is 4. The molecule has 14 heteroatoms. The van der Waals surface area contributed by atoms with Crippen molar-refractivity contribution in [2.24, 2.45) is 5.92 Å². The summed E-state index contributed by atoms with van der Waals surface area (Å²) in [7, 11) is 0. The van der Waals surface area contributed by atoms with Gasteiger partial charge in [-0.15, -0.1) is 10.2 Å². The fourth-order valence-corrected chi connectivity index (χ4v) is 5.63. The number of imidazole rings is 1. The second-order valence-corrected chi connectivity index (χ2v) is 11.8. The second kappa shape index (κ2) is 15.3. The van der Waals surface area contributed by atoms with Gasteiger partial charge >= 0.3 is 5.69 Å². The average molecular weight is 644 g/mol. The first-order chi connectivity index (χ1) is 22.7. The van der Waals surface area contributed by atoms with E-state index >= 15 is 0 Å². The minimum Gasteiger partial charge on any atom is -0.354 e. The van der Waals surface area contributed by atoms with Crippen LogP contribution in [0.2, 0.25) is 0 Å². The topological polar surface area (TPSA) is 176 Å². The molecule has 3 heterocycles. The van der Waals surface area contributed by atoms with Crippen molar-refractivity contribution in [3.8, 4) is 5.69 Å². The highest BCUT2D eigenvalue weighted by Crippen LogP contribution is 2.15.